The monoisotopic (exact) mass is 298 g/mol. The van der Waals surface area contributed by atoms with E-state index in [1.54, 1.807) is 11.3 Å². The van der Waals surface area contributed by atoms with E-state index in [0.717, 1.165) is 39.4 Å². The first-order chi connectivity index (χ1) is 10.2. The van der Waals surface area contributed by atoms with E-state index in [4.69, 9.17) is 5.73 Å². The van der Waals surface area contributed by atoms with Crippen molar-refractivity contribution in [3.63, 3.8) is 0 Å². The van der Waals surface area contributed by atoms with Crippen molar-refractivity contribution in [2.24, 2.45) is 0 Å². The lowest BCUT2D eigenvalue weighted by Crippen LogP contribution is -2.10. The van der Waals surface area contributed by atoms with Crippen LogP contribution in [0.15, 0.2) is 35.8 Å². The van der Waals surface area contributed by atoms with Gasteiger partial charge in [-0.1, -0.05) is 6.92 Å². The van der Waals surface area contributed by atoms with E-state index < -0.39 is 0 Å². The molecule has 3 rings (SSSR count). The Bertz CT molecular complexity index is 752. The second-order valence-corrected chi connectivity index (χ2v) is 5.99. The predicted molar refractivity (Wildman–Crippen MR) is 89.7 cm³/mol. The number of aryl methyl sites for hydroxylation is 1. The number of pyridine rings is 1. The molecule has 0 bridgehead atoms. The molecule has 2 heterocycles. The Morgan fingerprint density at radius 1 is 1.33 bits per heavy atom. The summed E-state index contributed by atoms with van der Waals surface area (Å²) in [4.78, 5) is 8.98. The van der Waals surface area contributed by atoms with Crippen LogP contribution in [0, 0.1) is 6.92 Å². The van der Waals surface area contributed by atoms with Gasteiger partial charge in [0.05, 0.1) is 11.6 Å². The lowest BCUT2D eigenvalue weighted by atomic mass is 10.1. The fraction of sp³-hybridized carbons (Fsp3) is 0.250. The van der Waals surface area contributed by atoms with Gasteiger partial charge in [-0.05, 0) is 37.6 Å². The number of nitrogens with zero attached hydrogens (tertiary/aromatic N) is 2. The zero-order valence-corrected chi connectivity index (χ0v) is 12.9. The summed E-state index contributed by atoms with van der Waals surface area (Å²) in [5, 5.41) is 7.75. The summed E-state index contributed by atoms with van der Waals surface area (Å²) in [6, 6.07) is 8.09. The van der Waals surface area contributed by atoms with E-state index in [1.165, 1.54) is 0 Å². The molecule has 4 nitrogen and oxygen atoms in total. The first-order valence-corrected chi connectivity index (χ1v) is 7.88. The van der Waals surface area contributed by atoms with Gasteiger partial charge >= 0.3 is 0 Å². The van der Waals surface area contributed by atoms with Crippen LogP contribution >= 0.6 is 11.3 Å². The molecule has 0 aliphatic carbocycles. The zero-order chi connectivity index (χ0) is 14.8. The van der Waals surface area contributed by atoms with Crippen molar-refractivity contribution in [3.05, 3.63) is 46.5 Å². The third-order valence-corrected chi connectivity index (χ3v) is 4.34. The maximum Gasteiger partial charge on any atom is 0.115 e. The molecule has 0 spiro atoms. The highest BCUT2D eigenvalue weighted by Crippen LogP contribution is 2.30. The van der Waals surface area contributed by atoms with Gasteiger partial charge in [0.15, 0.2) is 0 Å². The maximum absolute atomic E-state index is 5.92. The van der Waals surface area contributed by atoms with Gasteiger partial charge in [0.1, 0.15) is 5.01 Å². The number of nitrogen functional groups attached to an aromatic ring is 1. The fourth-order valence-electron chi connectivity index (χ4n) is 2.43. The molecule has 1 atom stereocenters. The van der Waals surface area contributed by atoms with Gasteiger partial charge < -0.3 is 11.1 Å². The molecular weight excluding hydrogens is 280 g/mol. The first-order valence-electron chi connectivity index (χ1n) is 7.00. The second kappa shape index (κ2) is 5.69. The molecule has 1 unspecified atom stereocenters. The van der Waals surface area contributed by atoms with Crippen LogP contribution in [0.4, 0.5) is 11.4 Å². The van der Waals surface area contributed by atoms with Gasteiger partial charge in [-0.15, -0.1) is 11.3 Å². The molecule has 5 heteroatoms. The maximum atomic E-state index is 5.92. The zero-order valence-electron chi connectivity index (χ0n) is 12.1. The van der Waals surface area contributed by atoms with Crippen molar-refractivity contribution in [3.8, 4) is 0 Å². The van der Waals surface area contributed by atoms with Gasteiger partial charge in [-0.2, -0.15) is 0 Å². The van der Waals surface area contributed by atoms with Crippen molar-refractivity contribution < 1.29 is 0 Å². The van der Waals surface area contributed by atoms with Crippen molar-refractivity contribution in [2.75, 3.05) is 11.1 Å². The topological polar surface area (TPSA) is 63.8 Å². The van der Waals surface area contributed by atoms with Gasteiger partial charge in [0.2, 0.25) is 0 Å². The average molecular weight is 298 g/mol. The number of anilines is 2. The Labute approximate surface area is 128 Å². The normalized spacial score (nSPS) is 12.5. The number of rotatable bonds is 4. The highest BCUT2D eigenvalue weighted by atomic mass is 32.1. The van der Waals surface area contributed by atoms with E-state index in [-0.39, 0.29) is 6.04 Å². The molecule has 0 saturated heterocycles. The number of nitrogens with one attached hydrogen (secondary N) is 1. The molecular formula is C16H18N4S. The third kappa shape index (κ3) is 2.83. The Kier molecular flexibility index (Phi) is 3.75. The lowest BCUT2D eigenvalue weighted by Gasteiger charge is -2.18. The van der Waals surface area contributed by atoms with Gasteiger partial charge in [-0.25, -0.2) is 4.98 Å². The molecule has 1 aromatic carbocycles. The molecule has 108 valence electrons. The van der Waals surface area contributed by atoms with E-state index >= 15 is 0 Å². The number of hydrogen-bond acceptors (Lipinski definition) is 5. The molecule has 0 saturated carbocycles. The average Bonchev–Trinajstić information content (AvgIpc) is 2.99. The number of thiazole rings is 1. The van der Waals surface area contributed by atoms with Crippen LogP contribution in [-0.4, -0.2) is 9.97 Å². The van der Waals surface area contributed by atoms with Crippen LogP contribution in [0.25, 0.3) is 10.9 Å². The highest BCUT2D eigenvalue weighted by molar-refractivity contribution is 7.09. The molecule has 0 aliphatic heterocycles. The summed E-state index contributed by atoms with van der Waals surface area (Å²) in [5.74, 6) is 0. The summed E-state index contributed by atoms with van der Waals surface area (Å²) < 4.78 is 0. The summed E-state index contributed by atoms with van der Waals surface area (Å²) in [7, 11) is 0. The summed E-state index contributed by atoms with van der Waals surface area (Å²) >= 11 is 1.67. The number of fused-ring (bicyclic) bond motifs is 1. The molecule has 0 amide bonds. The molecule has 2 aromatic heterocycles. The Balaban J connectivity index is 2.05. The number of benzene rings is 1. The molecule has 21 heavy (non-hydrogen) atoms. The van der Waals surface area contributed by atoms with Crippen LogP contribution in [-0.2, 0) is 0 Å². The van der Waals surface area contributed by atoms with Crippen LogP contribution in [0.2, 0.25) is 0 Å². The summed E-state index contributed by atoms with van der Waals surface area (Å²) in [6.45, 7) is 4.16. The van der Waals surface area contributed by atoms with Gasteiger partial charge in [0, 0.05) is 34.0 Å². The fourth-order valence-corrected chi connectivity index (χ4v) is 3.20. The van der Waals surface area contributed by atoms with Crippen molar-refractivity contribution >= 4 is 33.6 Å². The minimum atomic E-state index is 0.205. The van der Waals surface area contributed by atoms with Gasteiger partial charge in [0.25, 0.3) is 0 Å². The van der Waals surface area contributed by atoms with Crippen LogP contribution < -0.4 is 11.1 Å². The standard InChI is InChI=1S/C16H18N4S/c1-3-13(16-18-6-7-21-16)20-15-8-10(2)19-14-5-4-11(17)9-12(14)15/h4-9,13H,3,17H2,1-2H3,(H,19,20). The second-order valence-electron chi connectivity index (χ2n) is 5.06. The SMILES string of the molecule is CCC(Nc1cc(C)nc2ccc(N)cc12)c1nccs1. The first kappa shape index (κ1) is 13.8. The van der Waals surface area contributed by atoms with E-state index in [2.05, 4.69) is 28.3 Å². The molecule has 3 N–H and O–H groups in total. The molecule has 0 fully saturated rings. The highest BCUT2D eigenvalue weighted by Gasteiger charge is 2.14. The quantitative estimate of drug-likeness (QED) is 0.710. The smallest absolute Gasteiger partial charge is 0.115 e. The molecule has 0 radical (unpaired) electrons. The Morgan fingerprint density at radius 2 is 2.19 bits per heavy atom. The van der Waals surface area contributed by atoms with E-state index in [0.29, 0.717) is 0 Å². The number of hydrogen-bond donors (Lipinski definition) is 2. The Hall–Kier alpha value is -2.14. The van der Waals surface area contributed by atoms with Crippen LogP contribution in [0.5, 0.6) is 0 Å². The number of nitrogens with two attached hydrogens (primary N) is 1. The lowest BCUT2D eigenvalue weighted by molar-refractivity contribution is 0.743. The Morgan fingerprint density at radius 3 is 2.90 bits per heavy atom. The van der Waals surface area contributed by atoms with E-state index in [9.17, 15) is 0 Å². The minimum absolute atomic E-state index is 0.205. The van der Waals surface area contributed by atoms with Gasteiger partial charge in [-0.3, -0.25) is 4.98 Å². The van der Waals surface area contributed by atoms with Crippen molar-refractivity contribution in [1.29, 1.82) is 0 Å². The van der Waals surface area contributed by atoms with Crippen LogP contribution in [0.3, 0.4) is 0 Å². The third-order valence-electron chi connectivity index (χ3n) is 3.45. The van der Waals surface area contributed by atoms with Crippen molar-refractivity contribution in [1.82, 2.24) is 9.97 Å². The van der Waals surface area contributed by atoms with Crippen LogP contribution in [0.1, 0.15) is 30.1 Å². The van der Waals surface area contributed by atoms with E-state index in [1.807, 2.05) is 36.7 Å². The molecule has 0 aliphatic rings. The summed E-state index contributed by atoms with van der Waals surface area (Å²) in [6.07, 6.45) is 2.82. The van der Waals surface area contributed by atoms with Crippen molar-refractivity contribution in [2.45, 2.75) is 26.3 Å². The number of aromatic nitrogens is 2. The largest absolute Gasteiger partial charge is 0.399 e. The minimum Gasteiger partial charge on any atom is -0.399 e. The summed E-state index contributed by atoms with van der Waals surface area (Å²) in [5.41, 5.74) is 9.68. The molecule has 3 aromatic rings. The predicted octanol–water partition coefficient (Wildman–Crippen LogP) is 4.15.